The van der Waals surface area contributed by atoms with Gasteiger partial charge < -0.3 is 42.0 Å². The topological polar surface area (TPSA) is 207 Å². The lowest BCUT2D eigenvalue weighted by molar-refractivity contribution is -0.141. The Kier molecular flexibility index (Phi) is 15.9. The quantitative estimate of drug-likeness (QED) is 0.0666. The molecule has 0 radical (unpaired) electrons. The van der Waals surface area contributed by atoms with E-state index in [4.69, 9.17) is 20.9 Å². The maximum atomic E-state index is 12.2. The molecule has 0 aliphatic carbocycles. The molecule has 0 saturated carbocycles. The molecule has 0 aliphatic heterocycles. The second kappa shape index (κ2) is 18.9. The molecule has 1 atom stereocenters. The number of hydrogen-bond acceptors (Lipinski definition) is 7. The van der Waals surface area contributed by atoms with Crippen LogP contribution >= 0.6 is 0 Å². The third kappa shape index (κ3) is 15.2. The average Bonchev–Trinajstić information content (AvgIpc) is 2.90. The molecular formula is C27H42N6O7. The van der Waals surface area contributed by atoms with Crippen molar-refractivity contribution in [2.24, 2.45) is 22.4 Å². The zero-order valence-corrected chi connectivity index (χ0v) is 23.4. The van der Waals surface area contributed by atoms with Crippen LogP contribution < -0.4 is 36.9 Å². The van der Waals surface area contributed by atoms with Crippen molar-refractivity contribution in [3.05, 3.63) is 35.9 Å². The number of ether oxygens (including phenoxy) is 2. The minimum absolute atomic E-state index is 0.0521. The minimum atomic E-state index is -1.23. The van der Waals surface area contributed by atoms with Crippen molar-refractivity contribution in [1.82, 2.24) is 16.0 Å². The highest BCUT2D eigenvalue weighted by Crippen LogP contribution is 2.28. The Labute approximate surface area is 234 Å². The number of nitrogens with two attached hydrogens (primary N) is 2. The predicted octanol–water partition coefficient (Wildman–Crippen LogP) is 1.80. The number of carbonyl (C=O) groups excluding carboxylic acids is 3. The summed E-state index contributed by atoms with van der Waals surface area (Å²) in [5.41, 5.74) is 11.2. The Morgan fingerprint density at radius 2 is 1.80 bits per heavy atom. The summed E-state index contributed by atoms with van der Waals surface area (Å²) in [6.45, 7) is 4.24. The van der Waals surface area contributed by atoms with Crippen molar-refractivity contribution in [3.63, 3.8) is 0 Å². The van der Waals surface area contributed by atoms with Gasteiger partial charge in [0.25, 0.3) is 0 Å². The normalized spacial score (nSPS) is 11.5. The summed E-state index contributed by atoms with van der Waals surface area (Å²) >= 11 is 0. The van der Waals surface area contributed by atoms with Crippen molar-refractivity contribution in [3.8, 4) is 11.5 Å². The molecule has 0 saturated heterocycles. The highest BCUT2D eigenvalue weighted by atomic mass is 16.6. The van der Waals surface area contributed by atoms with E-state index < -0.39 is 30.6 Å². The van der Waals surface area contributed by atoms with Gasteiger partial charge in [0.15, 0.2) is 17.5 Å². The average molecular weight is 563 g/mol. The summed E-state index contributed by atoms with van der Waals surface area (Å²) in [7, 11) is 1.41. The number of hydrogen-bond donors (Lipinski definition) is 6. The maximum Gasteiger partial charge on any atom is 0.413 e. The van der Waals surface area contributed by atoms with E-state index in [9.17, 15) is 24.3 Å². The number of unbranched alkanes of at least 4 members (excludes halogenated alkanes) is 2. The first-order chi connectivity index (χ1) is 19.0. The fourth-order valence-corrected chi connectivity index (χ4v) is 3.41. The number of guanidine groups is 1. The van der Waals surface area contributed by atoms with Crippen molar-refractivity contribution in [1.29, 1.82) is 0 Å². The van der Waals surface area contributed by atoms with E-state index in [1.807, 2.05) is 0 Å². The Hall–Kier alpha value is -4.29. The molecule has 0 spiro atoms. The molecular weight excluding hydrogens is 520 g/mol. The molecule has 0 heterocycles. The number of rotatable bonds is 18. The number of allylic oxidation sites excluding steroid dienone is 2. The Morgan fingerprint density at radius 3 is 2.45 bits per heavy atom. The van der Waals surface area contributed by atoms with Crippen molar-refractivity contribution < 1.29 is 33.8 Å². The molecule has 1 unspecified atom stereocenters. The molecule has 1 aromatic rings. The van der Waals surface area contributed by atoms with E-state index in [-0.39, 0.29) is 42.9 Å². The van der Waals surface area contributed by atoms with Crippen LogP contribution in [-0.2, 0) is 20.9 Å². The highest BCUT2D eigenvalue weighted by Gasteiger charge is 2.20. The second-order valence-corrected chi connectivity index (χ2v) is 9.33. The zero-order chi connectivity index (χ0) is 29.9. The standard InChI is InChI=1S/C27H42N6O7/c1-18(2)9-6-4-5-7-11-23(34)31-16-19-12-13-21(22(15-19)39-3)40-27(38)32-17-24(35)33-20(25(36)37)10-8-14-30-26(28)29/h6,9,12-13,15,18,20H,4-5,7-8,10-11,14,16-17H2,1-3H3,(H,31,34)(H,32,38)(H,33,35)(H,36,37)(H4,28,29,30)/b9-6+. The summed E-state index contributed by atoms with van der Waals surface area (Å²) in [5.74, 6) is -1.21. The molecule has 0 aliphatic rings. The number of carboxylic acids is 1. The number of carbonyl (C=O) groups is 4. The van der Waals surface area contributed by atoms with Crippen LogP contribution in [0.1, 0.15) is 57.9 Å². The number of benzene rings is 1. The Morgan fingerprint density at radius 1 is 1.05 bits per heavy atom. The Balaban J connectivity index is 2.48. The molecule has 0 bridgehead atoms. The predicted molar refractivity (Wildman–Crippen MR) is 151 cm³/mol. The van der Waals surface area contributed by atoms with Crippen LogP contribution in [0.2, 0.25) is 0 Å². The minimum Gasteiger partial charge on any atom is -0.493 e. The fraction of sp³-hybridized carbons (Fsp3) is 0.519. The van der Waals surface area contributed by atoms with Crippen LogP contribution in [0.3, 0.4) is 0 Å². The summed E-state index contributed by atoms with van der Waals surface area (Å²) < 4.78 is 10.5. The largest absolute Gasteiger partial charge is 0.493 e. The summed E-state index contributed by atoms with van der Waals surface area (Å²) in [5, 5.41) is 16.7. The lowest BCUT2D eigenvalue weighted by atomic mass is 10.1. The number of aliphatic carboxylic acids is 1. The number of carboxylic acid groups (broad SMARTS) is 1. The van der Waals surface area contributed by atoms with Gasteiger partial charge in [-0.15, -0.1) is 0 Å². The van der Waals surface area contributed by atoms with Crippen LogP contribution in [0.25, 0.3) is 0 Å². The molecule has 40 heavy (non-hydrogen) atoms. The van der Waals surface area contributed by atoms with Gasteiger partial charge in [0.05, 0.1) is 7.11 Å². The highest BCUT2D eigenvalue weighted by molar-refractivity contribution is 5.87. The molecule has 0 fully saturated rings. The van der Waals surface area contributed by atoms with Gasteiger partial charge >= 0.3 is 12.1 Å². The molecule has 13 heteroatoms. The molecule has 8 N–H and O–H groups in total. The molecule has 222 valence electrons. The van der Waals surface area contributed by atoms with E-state index in [0.717, 1.165) is 24.8 Å². The van der Waals surface area contributed by atoms with E-state index in [0.29, 0.717) is 18.8 Å². The van der Waals surface area contributed by atoms with Crippen LogP contribution in [0.4, 0.5) is 4.79 Å². The second-order valence-electron chi connectivity index (χ2n) is 9.33. The molecule has 1 aromatic carbocycles. The van der Waals surface area contributed by atoms with Crippen LogP contribution in [-0.4, -0.2) is 61.2 Å². The number of amides is 3. The van der Waals surface area contributed by atoms with Gasteiger partial charge in [-0.3, -0.25) is 14.6 Å². The molecule has 0 aromatic heterocycles. The maximum absolute atomic E-state index is 12.2. The van der Waals surface area contributed by atoms with Crippen LogP contribution in [0.5, 0.6) is 11.5 Å². The van der Waals surface area contributed by atoms with Crippen molar-refractivity contribution in [2.45, 2.75) is 65.0 Å². The number of nitrogens with one attached hydrogen (secondary N) is 3. The van der Waals surface area contributed by atoms with Crippen LogP contribution in [0, 0.1) is 5.92 Å². The van der Waals surface area contributed by atoms with Gasteiger partial charge in [-0.2, -0.15) is 0 Å². The summed E-state index contributed by atoms with van der Waals surface area (Å²) in [4.78, 5) is 51.6. The summed E-state index contributed by atoms with van der Waals surface area (Å²) in [6.07, 6.45) is 6.93. The van der Waals surface area contributed by atoms with E-state index in [2.05, 4.69) is 46.9 Å². The molecule has 1 rings (SSSR count). The van der Waals surface area contributed by atoms with Gasteiger partial charge in [-0.05, 0) is 55.7 Å². The smallest absolute Gasteiger partial charge is 0.413 e. The summed E-state index contributed by atoms with van der Waals surface area (Å²) in [6, 6.07) is 3.65. The lowest BCUT2D eigenvalue weighted by Crippen LogP contribution is -2.46. The molecule has 3 amide bonds. The third-order valence-corrected chi connectivity index (χ3v) is 5.44. The van der Waals surface area contributed by atoms with Gasteiger partial charge in [-0.1, -0.05) is 32.1 Å². The van der Waals surface area contributed by atoms with Gasteiger partial charge in [0.2, 0.25) is 11.8 Å². The van der Waals surface area contributed by atoms with E-state index >= 15 is 0 Å². The first-order valence-electron chi connectivity index (χ1n) is 13.1. The molecule has 13 nitrogen and oxygen atoms in total. The van der Waals surface area contributed by atoms with Crippen molar-refractivity contribution in [2.75, 3.05) is 20.2 Å². The first-order valence-corrected chi connectivity index (χ1v) is 13.1. The fourth-order valence-electron chi connectivity index (χ4n) is 3.41. The zero-order valence-electron chi connectivity index (χ0n) is 23.4. The van der Waals surface area contributed by atoms with E-state index in [1.54, 1.807) is 12.1 Å². The van der Waals surface area contributed by atoms with Gasteiger partial charge in [0.1, 0.15) is 12.6 Å². The lowest BCUT2D eigenvalue weighted by Gasteiger charge is -2.15. The van der Waals surface area contributed by atoms with Gasteiger partial charge in [-0.25, -0.2) is 9.59 Å². The third-order valence-electron chi connectivity index (χ3n) is 5.44. The van der Waals surface area contributed by atoms with Gasteiger partial charge in [0, 0.05) is 19.5 Å². The Bertz CT molecular complexity index is 1040. The van der Waals surface area contributed by atoms with Crippen molar-refractivity contribution >= 4 is 29.8 Å². The number of methoxy groups -OCH3 is 1. The van der Waals surface area contributed by atoms with E-state index in [1.165, 1.54) is 13.2 Å². The SMILES string of the molecule is COc1cc(CNC(=O)CCCC/C=C/C(C)C)ccc1OC(=O)NCC(=O)NC(CCCN=C(N)N)C(=O)O. The number of aliphatic imine (C=N–C) groups is 1. The monoisotopic (exact) mass is 562 g/mol. The van der Waals surface area contributed by atoms with Crippen LogP contribution in [0.15, 0.2) is 35.3 Å². The number of nitrogens with zero attached hydrogens (tertiary/aromatic N) is 1. The first kappa shape index (κ1) is 33.7.